The van der Waals surface area contributed by atoms with Crippen molar-refractivity contribution in [3.8, 4) is 22.6 Å². The van der Waals surface area contributed by atoms with E-state index in [0.717, 1.165) is 6.07 Å². The lowest BCUT2D eigenvalue weighted by Gasteiger charge is -2.24. The number of fused-ring (bicyclic) bond motifs is 2. The average molecular weight is 609 g/mol. The van der Waals surface area contributed by atoms with E-state index in [4.69, 9.17) is 25.8 Å². The lowest BCUT2D eigenvalue weighted by atomic mass is 10.00. The van der Waals surface area contributed by atoms with Crippen molar-refractivity contribution in [2.45, 2.75) is 25.7 Å². The summed E-state index contributed by atoms with van der Waals surface area (Å²) in [6.45, 7) is 2.12. The van der Waals surface area contributed by atoms with E-state index in [1.807, 2.05) is 0 Å². The van der Waals surface area contributed by atoms with Crippen LogP contribution in [-0.2, 0) is 23.5 Å². The SMILES string of the molecule is COCCn1c(Cc2c(F)cc(-c3cccc4c3O[C@@](C)(c3ccc(Cl)cc3F)O4)cc2F)nc2ccc(C(=O)O)cc21. The number of rotatable bonds is 8. The second-order valence-corrected chi connectivity index (χ2v) is 10.6. The first-order valence-electron chi connectivity index (χ1n) is 13.2. The molecular formula is C32H24ClF3N2O5. The molecule has 0 saturated heterocycles. The fraction of sp³-hybridized carbons (Fsp3) is 0.188. The smallest absolute Gasteiger partial charge is 0.335 e. The maximum Gasteiger partial charge on any atom is 0.335 e. The molecule has 0 aliphatic carbocycles. The number of carboxylic acids is 1. The topological polar surface area (TPSA) is 82.8 Å². The Bertz CT molecular complexity index is 1890. The third kappa shape index (κ3) is 5.17. The van der Waals surface area contributed by atoms with Crippen LogP contribution >= 0.6 is 11.6 Å². The first kappa shape index (κ1) is 28.6. The van der Waals surface area contributed by atoms with Crippen molar-refractivity contribution in [1.82, 2.24) is 9.55 Å². The molecule has 11 heteroatoms. The highest BCUT2D eigenvalue weighted by atomic mass is 35.5. The molecule has 0 radical (unpaired) electrons. The van der Waals surface area contributed by atoms with Crippen molar-refractivity contribution in [3.05, 3.63) is 112 Å². The van der Waals surface area contributed by atoms with Crippen LogP contribution in [0.2, 0.25) is 5.02 Å². The number of carbonyl (C=O) groups is 1. The number of halogens is 4. The Balaban J connectivity index is 1.35. The van der Waals surface area contributed by atoms with Gasteiger partial charge in [0.15, 0.2) is 11.5 Å². The lowest BCUT2D eigenvalue weighted by molar-refractivity contribution is -0.0705. The van der Waals surface area contributed by atoms with E-state index < -0.39 is 29.2 Å². The average Bonchev–Trinajstić information content (AvgIpc) is 3.49. The van der Waals surface area contributed by atoms with Gasteiger partial charge >= 0.3 is 5.97 Å². The van der Waals surface area contributed by atoms with E-state index in [-0.39, 0.29) is 51.8 Å². The van der Waals surface area contributed by atoms with Gasteiger partial charge in [-0.2, -0.15) is 0 Å². The maximum atomic E-state index is 15.6. The van der Waals surface area contributed by atoms with Crippen molar-refractivity contribution < 1.29 is 37.3 Å². The number of imidazole rings is 1. The van der Waals surface area contributed by atoms with E-state index in [2.05, 4.69) is 4.98 Å². The molecule has 1 aliphatic heterocycles. The van der Waals surface area contributed by atoms with Crippen molar-refractivity contribution >= 4 is 28.6 Å². The van der Waals surface area contributed by atoms with Gasteiger partial charge in [0.25, 0.3) is 5.79 Å². The summed E-state index contributed by atoms with van der Waals surface area (Å²) in [5.41, 5.74) is 1.52. The van der Waals surface area contributed by atoms with Gasteiger partial charge in [-0.15, -0.1) is 0 Å². The normalized spacial score (nSPS) is 15.8. The van der Waals surface area contributed by atoms with Crippen LogP contribution in [0.5, 0.6) is 11.5 Å². The molecule has 2 heterocycles. The second kappa shape index (κ2) is 10.9. The van der Waals surface area contributed by atoms with Gasteiger partial charge in [0.1, 0.15) is 23.3 Å². The molecule has 0 unspecified atom stereocenters. The van der Waals surface area contributed by atoms with Crippen LogP contribution in [0, 0.1) is 17.5 Å². The molecule has 1 aromatic heterocycles. The van der Waals surface area contributed by atoms with Crippen LogP contribution in [-0.4, -0.2) is 34.3 Å². The highest BCUT2D eigenvalue weighted by Gasteiger charge is 2.42. The summed E-state index contributed by atoms with van der Waals surface area (Å²) in [6, 6.07) is 15.9. The van der Waals surface area contributed by atoms with Crippen LogP contribution < -0.4 is 9.47 Å². The number of aromatic carboxylic acids is 1. The summed E-state index contributed by atoms with van der Waals surface area (Å²) < 4.78 is 65.0. The molecule has 1 N–H and O–H groups in total. The van der Waals surface area contributed by atoms with Crippen LogP contribution in [0.25, 0.3) is 22.2 Å². The monoisotopic (exact) mass is 608 g/mol. The third-order valence-corrected chi connectivity index (χ3v) is 7.62. The number of hydrogen-bond donors (Lipinski definition) is 1. The summed E-state index contributed by atoms with van der Waals surface area (Å²) in [5, 5.41) is 9.64. The molecule has 1 atom stereocenters. The highest BCUT2D eigenvalue weighted by molar-refractivity contribution is 6.30. The van der Waals surface area contributed by atoms with Crippen LogP contribution in [0.1, 0.15) is 34.2 Å². The van der Waals surface area contributed by atoms with Gasteiger partial charge in [-0.05, 0) is 60.2 Å². The number of hydrogen-bond acceptors (Lipinski definition) is 5. The Kier molecular flexibility index (Phi) is 7.27. The van der Waals surface area contributed by atoms with Crippen LogP contribution in [0.4, 0.5) is 13.2 Å². The van der Waals surface area contributed by atoms with Gasteiger partial charge in [-0.3, -0.25) is 0 Å². The largest absolute Gasteiger partial charge is 0.478 e. The Hall–Kier alpha value is -4.54. The Morgan fingerprint density at radius 3 is 2.49 bits per heavy atom. The first-order valence-corrected chi connectivity index (χ1v) is 13.6. The van der Waals surface area contributed by atoms with Crippen molar-refractivity contribution in [3.63, 3.8) is 0 Å². The fourth-order valence-corrected chi connectivity index (χ4v) is 5.44. The lowest BCUT2D eigenvalue weighted by Crippen LogP contribution is -2.32. The molecule has 1 aliphatic rings. The van der Waals surface area contributed by atoms with Gasteiger partial charge in [-0.25, -0.2) is 22.9 Å². The Morgan fingerprint density at radius 1 is 1.02 bits per heavy atom. The standard InChI is InChI=1S/C32H24ClF3N2O5/c1-32(22-8-7-19(33)15-25(22)36)42-28-5-3-4-20(30(28)43-32)18-12-23(34)21(24(35)13-18)16-29-37-26-9-6-17(31(39)40)14-27(26)38(29)10-11-41-2/h3-9,12-15H,10-11,16H2,1-2H3,(H,39,40)/t32-/m0/s1. The molecule has 7 nitrogen and oxygen atoms in total. The molecule has 5 aromatic rings. The van der Waals surface area contributed by atoms with E-state index in [9.17, 15) is 14.3 Å². The van der Waals surface area contributed by atoms with E-state index >= 15 is 8.78 Å². The van der Waals surface area contributed by atoms with E-state index in [1.165, 1.54) is 43.5 Å². The van der Waals surface area contributed by atoms with Crippen molar-refractivity contribution in [2.75, 3.05) is 13.7 Å². The third-order valence-electron chi connectivity index (χ3n) is 7.38. The summed E-state index contributed by atoms with van der Waals surface area (Å²) in [5.74, 6) is -4.04. The zero-order valence-electron chi connectivity index (χ0n) is 23.0. The minimum atomic E-state index is -1.54. The van der Waals surface area contributed by atoms with E-state index in [0.29, 0.717) is 29.0 Å². The summed E-state index contributed by atoms with van der Waals surface area (Å²) >= 11 is 5.90. The minimum Gasteiger partial charge on any atom is -0.478 e. The molecule has 0 fully saturated rings. The first-order chi connectivity index (χ1) is 20.6. The van der Waals surface area contributed by atoms with E-state index in [1.54, 1.807) is 35.8 Å². The predicted octanol–water partition coefficient (Wildman–Crippen LogP) is 7.35. The quantitative estimate of drug-likeness (QED) is 0.198. The Morgan fingerprint density at radius 2 is 1.79 bits per heavy atom. The van der Waals surface area contributed by atoms with Gasteiger partial charge in [0, 0.05) is 43.1 Å². The number of methoxy groups -OCH3 is 1. The number of carboxylic acid groups (broad SMARTS) is 1. The number of ether oxygens (including phenoxy) is 3. The van der Waals surface area contributed by atoms with Gasteiger partial charge in [-0.1, -0.05) is 23.7 Å². The molecule has 0 spiro atoms. The second-order valence-electron chi connectivity index (χ2n) is 10.2. The molecule has 0 amide bonds. The minimum absolute atomic E-state index is 0.0656. The number of aromatic nitrogens is 2. The van der Waals surface area contributed by atoms with Gasteiger partial charge < -0.3 is 23.9 Å². The fourth-order valence-electron chi connectivity index (χ4n) is 5.28. The van der Waals surface area contributed by atoms with Crippen LogP contribution in [0.3, 0.4) is 0 Å². The van der Waals surface area contributed by atoms with Crippen molar-refractivity contribution in [1.29, 1.82) is 0 Å². The Labute approximate surface area is 249 Å². The number of benzene rings is 4. The molecule has 220 valence electrons. The van der Waals surface area contributed by atoms with Gasteiger partial charge in [0.2, 0.25) is 0 Å². The van der Waals surface area contributed by atoms with Gasteiger partial charge in [0.05, 0.1) is 28.8 Å². The predicted molar refractivity (Wildman–Crippen MR) is 153 cm³/mol. The number of para-hydroxylation sites is 1. The summed E-state index contributed by atoms with van der Waals surface area (Å²) in [4.78, 5) is 16.1. The zero-order chi connectivity index (χ0) is 30.5. The molecule has 43 heavy (non-hydrogen) atoms. The summed E-state index contributed by atoms with van der Waals surface area (Å²) in [6.07, 6.45) is -0.195. The highest BCUT2D eigenvalue weighted by Crippen LogP contribution is 2.50. The zero-order valence-corrected chi connectivity index (χ0v) is 23.7. The summed E-state index contributed by atoms with van der Waals surface area (Å²) in [7, 11) is 1.52. The molecule has 4 aromatic carbocycles. The maximum absolute atomic E-state index is 15.6. The van der Waals surface area contributed by atoms with Crippen LogP contribution in [0.15, 0.2) is 66.7 Å². The molecule has 0 bridgehead atoms. The molecule has 6 rings (SSSR count). The number of nitrogens with zero attached hydrogens (tertiary/aromatic N) is 2. The molecule has 0 saturated carbocycles. The molecular weight excluding hydrogens is 585 g/mol. The van der Waals surface area contributed by atoms with Crippen molar-refractivity contribution in [2.24, 2.45) is 0 Å².